The summed E-state index contributed by atoms with van der Waals surface area (Å²) in [5, 5.41) is 15.2. The summed E-state index contributed by atoms with van der Waals surface area (Å²) in [5.41, 5.74) is 2.00. The number of hydrogen-bond donors (Lipinski definition) is 1. The number of benzene rings is 1. The number of carbonyl (C=O) groups is 1. The molecule has 2 atom stereocenters. The van der Waals surface area contributed by atoms with Gasteiger partial charge in [-0.1, -0.05) is 44.0 Å². The molecule has 1 N–H and O–H groups in total. The quantitative estimate of drug-likeness (QED) is 0.769. The molecule has 26 heavy (non-hydrogen) atoms. The summed E-state index contributed by atoms with van der Waals surface area (Å²) in [6, 6.07) is 7.84. The highest BCUT2D eigenvalue weighted by molar-refractivity contribution is 5.75. The van der Waals surface area contributed by atoms with E-state index in [9.17, 15) is 4.79 Å². The molecule has 1 fully saturated rings. The molecule has 0 saturated heterocycles. The Morgan fingerprint density at radius 2 is 2.12 bits per heavy atom. The number of tetrazole rings is 1. The maximum absolute atomic E-state index is 12.0. The molecule has 1 amide bonds. The Labute approximate surface area is 154 Å². The van der Waals surface area contributed by atoms with Gasteiger partial charge >= 0.3 is 0 Å². The van der Waals surface area contributed by atoms with Crippen molar-refractivity contribution in [2.45, 2.75) is 52.2 Å². The molecule has 0 radical (unpaired) electrons. The summed E-state index contributed by atoms with van der Waals surface area (Å²) >= 11 is 0. The minimum absolute atomic E-state index is 0.0543. The standard InChI is InChI=1S/C19H27N5O2/c1-14-7-3-5-9-16(14)19-21-23-24(22-19)13-18(25)20-11-12-26-17-10-6-4-8-15(17)2/h3,5,7,9,15,17H,4,6,8,10-13H2,1-2H3,(H,20,25). The first-order valence-corrected chi connectivity index (χ1v) is 9.35. The Kier molecular flexibility index (Phi) is 6.33. The largest absolute Gasteiger partial charge is 0.376 e. The van der Waals surface area contributed by atoms with Crippen LogP contribution in [0.2, 0.25) is 0 Å². The minimum atomic E-state index is -0.140. The number of nitrogens with zero attached hydrogens (tertiary/aromatic N) is 4. The van der Waals surface area contributed by atoms with Crippen LogP contribution < -0.4 is 5.32 Å². The number of ether oxygens (including phenoxy) is 1. The van der Waals surface area contributed by atoms with Gasteiger partial charge in [0, 0.05) is 12.1 Å². The van der Waals surface area contributed by atoms with E-state index in [4.69, 9.17) is 4.74 Å². The summed E-state index contributed by atoms with van der Waals surface area (Å²) in [4.78, 5) is 13.4. The fourth-order valence-corrected chi connectivity index (χ4v) is 3.36. The van der Waals surface area contributed by atoms with E-state index >= 15 is 0 Å². The van der Waals surface area contributed by atoms with E-state index in [1.54, 1.807) is 0 Å². The van der Waals surface area contributed by atoms with E-state index < -0.39 is 0 Å². The van der Waals surface area contributed by atoms with E-state index in [-0.39, 0.29) is 12.5 Å². The highest BCUT2D eigenvalue weighted by atomic mass is 16.5. The molecule has 2 unspecified atom stereocenters. The predicted molar refractivity (Wildman–Crippen MR) is 98.4 cm³/mol. The molecule has 0 bridgehead atoms. The molecule has 1 heterocycles. The van der Waals surface area contributed by atoms with Gasteiger partial charge in [0.15, 0.2) is 0 Å². The molecular weight excluding hydrogens is 330 g/mol. The fraction of sp³-hybridized carbons (Fsp3) is 0.579. The van der Waals surface area contributed by atoms with Gasteiger partial charge in [0.25, 0.3) is 0 Å². The molecule has 140 valence electrons. The lowest BCUT2D eigenvalue weighted by Gasteiger charge is -2.28. The predicted octanol–water partition coefficient (Wildman–Crippen LogP) is 2.36. The number of carbonyl (C=O) groups excluding carboxylic acids is 1. The van der Waals surface area contributed by atoms with Gasteiger partial charge in [-0.15, -0.1) is 10.2 Å². The van der Waals surface area contributed by atoms with Crippen molar-refractivity contribution in [2.24, 2.45) is 5.92 Å². The molecule has 7 heteroatoms. The second kappa shape index (κ2) is 8.89. The van der Waals surface area contributed by atoms with E-state index in [1.165, 1.54) is 24.1 Å². The molecular formula is C19H27N5O2. The molecule has 7 nitrogen and oxygen atoms in total. The molecule has 1 aromatic carbocycles. The van der Waals surface area contributed by atoms with Gasteiger partial charge < -0.3 is 10.1 Å². The third-order valence-electron chi connectivity index (χ3n) is 4.91. The van der Waals surface area contributed by atoms with Crippen molar-refractivity contribution in [1.82, 2.24) is 25.5 Å². The summed E-state index contributed by atoms with van der Waals surface area (Å²) in [5.74, 6) is 1.00. The second-order valence-corrected chi connectivity index (χ2v) is 6.98. The van der Waals surface area contributed by atoms with Gasteiger partial charge in [-0.3, -0.25) is 4.79 Å². The van der Waals surface area contributed by atoms with Crippen molar-refractivity contribution < 1.29 is 9.53 Å². The van der Waals surface area contributed by atoms with Crippen LogP contribution in [0.25, 0.3) is 11.4 Å². The highest BCUT2D eigenvalue weighted by Gasteiger charge is 2.21. The maximum Gasteiger partial charge on any atom is 0.243 e. The first-order valence-electron chi connectivity index (χ1n) is 9.35. The van der Waals surface area contributed by atoms with Crippen LogP contribution in [0.4, 0.5) is 0 Å². The number of rotatable bonds is 7. The normalized spacial score (nSPS) is 20.1. The average molecular weight is 357 g/mol. The van der Waals surface area contributed by atoms with Crippen molar-refractivity contribution in [2.75, 3.05) is 13.2 Å². The van der Waals surface area contributed by atoms with Gasteiger partial charge in [0.05, 0.1) is 12.7 Å². The van der Waals surface area contributed by atoms with Gasteiger partial charge in [0.2, 0.25) is 11.7 Å². The first-order chi connectivity index (χ1) is 12.6. The topological polar surface area (TPSA) is 81.9 Å². The molecule has 3 rings (SSSR count). The molecule has 2 aromatic rings. The Hall–Kier alpha value is -2.28. The van der Waals surface area contributed by atoms with E-state index in [2.05, 4.69) is 27.7 Å². The summed E-state index contributed by atoms with van der Waals surface area (Å²) < 4.78 is 5.91. The third kappa shape index (κ3) is 4.88. The van der Waals surface area contributed by atoms with Crippen LogP contribution in [-0.4, -0.2) is 45.4 Å². The Bertz CT molecular complexity index is 730. The van der Waals surface area contributed by atoms with E-state index in [1.807, 2.05) is 31.2 Å². The van der Waals surface area contributed by atoms with Crippen LogP contribution in [-0.2, 0) is 16.1 Å². The van der Waals surface area contributed by atoms with Crippen LogP contribution in [0, 0.1) is 12.8 Å². The van der Waals surface area contributed by atoms with E-state index in [0.29, 0.717) is 31.0 Å². The van der Waals surface area contributed by atoms with Crippen molar-refractivity contribution in [3.8, 4) is 11.4 Å². The first kappa shape index (κ1) is 18.5. The Morgan fingerprint density at radius 3 is 2.92 bits per heavy atom. The van der Waals surface area contributed by atoms with Crippen molar-refractivity contribution >= 4 is 5.91 Å². The van der Waals surface area contributed by atoms with Crippen LogP contribution >= 0.6 is 0 Å². The number of hydrogen-bond acceptors (Lipinski definition) is 5. The monoisotopic (exact) mass is 357 g/mol. The van der Waals surface area contributed by atoms with Crippen molar-refractivity contribution in [3.63, 3.8) is 0 Å². The zero-order valence-electron chi connectivity index (χ0n) is 15.5. The molecule has 0 aliphatic heterocycles. The SMILES string of the molecule is Cc1ccccc1-c1nnn(CC(=O)NCCOC2CCCCC2C)n1. The molecule has 1 aromatic heterocycles. The summed E-state index contributed by atoms with van der Waals surface area (Å²) in [7, 11) is 0. The van der Waals surface area contributed by atoms with Gasteiger partial charge in [-0.05, 0) is 36.5 Å². The Morgan fingerprint density at radius 1 is 1.31 bits per heavy atom. The second-order valence-electron chi connectivity index (χ2n) is 6.98. The fourth-order valence-electron chi connectivity index (χ4n) is 3.36. The number of nitrogens with one attached hydrogen (secondary N) is 1. The number of amides is 1. The van der Waals surface area contributed by atoms with Crippen molar-refractivity contribution in [1.29, 1.82) is 0 Å². The minimum Gasteiger partial charge on any atom is -0.376 e. The van der Waals surface area contributed by atoms with Gasteiger partial charge in [-0.2, -0.15) is 4.80 Å². The third-order valence-corrected chi connectivity index (χ3v) is 4.91. The lowest BCUT2D eigenvalue weighted by atomic mass is 9.88. The Balaban J connectivity index is 1.42. The van der Waals surface area contributed by atoms with E-state index in [0.717, 1.165) is 17.5 Å². The highest BCUT2D eigenvalue weighted by Crippen LogP contribution is 2.26. The summed E-state index contributed by atoms with van der Waals surface area (Å²) in [6.45, 7) is 5.33. The van der Waals surface area contributed by atoms with Crippen LogP contribution in [0.5, 0.6) is 0 Å². The van der Waals surface area contributed by atoms with Crippen molar-refractivity contribution in [3.05, 3.63) is 29.8 Å². The van der Waals surface area contributed by atoms with Crippen LogP contribution in [0.15, 0.2) is 24.3 Å². The van der Waals surface area contributed by atoms with Gasteiger partial charge in [0.1, 0.15) is 6.54 Å². The lowest BCUT2D eigenvalue weighted by Crippen LogP contribution is -2.33. The van der Waals surface area contributed by atoms with Crippen LogP contribution in [0.3, 0.4) is 0 Å². The maximum atomic E-state index is 12.0. The smallest absolute Gasteiger partial charge is 0.243 e. The number of aryl methyl sites for hydroxylation is 1. The lowest BCUT2D eigenvalue weighted by molar-refractivity contribution is -0.122. The average Bonchev–Trinajstić information content (AvgIpc) is 3.08. The zero-order chi connectivity index (χ0) is 18.4. The number of aromatic nitrogens is 4. The van der Waals surface area contributed by atoms with Crippen LogP contribution in [0.1, 0.15) is 38.2 Å². The summed E-state index contributed by atoms with van der Waals surface area (Å²) in [6.07, 6.45) is 5.22. The molecule has 0 spiro atoms. The molecule has 1 saturated carbocycles. The molecule has 1 aliphatic carbocycles. The van der Waals surface area contributed by atoms with Gasteiger partial charge in [-0.25, -0.2) is 0 Å². The molecule has 1 aliphatic rings. The zero-order valence-corrected chi connectivity index (χ0v) is 15.5.